The monoisotopic (exact) mass is 203 g/mol. The zero-order valence-corrected chi connectivity index (χ0v) is 8.67. The van der Waals surface area contributed by atoms with Gasteiger partial charge in [-0.1, -0.05) is 13.0 Å². The number of rotatable bonds is 1. The van der Waals surface area contributed by atoms with E-state index in [9.17, 15) is 4.79 Å². The van der Waals surface area contributed by atoms with Gasteiger partial charge in [-0.3, -0.25) is 4.79 Å². The number of ether oxygens (including phenoxy) is 1. The molecule has 1 aromatic rings. The molecule has 0 radical (unpaired) electrons. The molecule has 3 heteroatoms. The number of hydrogen-bond acceptors (Lipinski definition) is 2. The van der Waals surface area contributed by atoms with Gasteiger partial charge < -0.3 is 10.1 Å². The van der Waals surface area contributed by atoms with Crippen LogP contribution >= 0.6 is 0 Å². The molecule has 0 bridgehead atoms. The van der Waals surface area contributed by atoms with Gasteiger partial charge in [0, 0.05) is 12.8 Å². The fraction of sp³-hybridized carbons (Fsp3) is 0.417. The third-order valence-corrected chi connectivity index (χ3v) is 3.12. The maximum atomic E-state index is 11.7. The standard InChI is InChI=1S/C12H13NO2/c1-2-8-3-4-10-9(7-8)13-11(14)12(15-10)5-6-12/h3-4,7H,2,5-6H2,1H3,(H,13,14). The van der Waals surface area contributed by atoms with E-state index in [1.165, 1.54) is 5.56 Å². The largest absolute Gasteiger partial charge is 0.475 e. The quantitative estimate of drug-likeness (QED) is 0.759. The number of nitrogens with one attached hydrogen (secondary N) is 1. The molecule has 0 saturated heterocycles. The van der Waals surface area contributed by atoms with Crippen LogP contribution in [0.3, 0.4) is 0 Å². The minimum absolute atomic E-state index is 0.0169. The number of fused-ring (bicyclic) bond motifs is 1. The SMILES string of the molecule is CCc1ccc2c(c1)NC(=O)C1(CC1)O2. The van der Waals surface area contributed by atoms with Crippen molar-refractivity contribution < 1.29 is 9.53 Å². The summed E-state index contributed by atoms with van der Waals surface area (Å²) in [6.45, 7) is 2.09. The Labute approximate surface area is 88.4 Å². The molecule has 3 nitrogen and oxygen atoms in total. The Morgan fingerprint density at radius 1 is 1.47 bits per heavy atom. The van der Waals surface area contributed by atoms with Crippen LogP contribution in [-0.4, -0.2) is 11.5 Å². The van der Waals surface area contributed by atoms with Crippen LogP contribution < -0.4 is 10.1 Å². The molecule has 1 aliphatic carbocycles. The molecule has 78 valence electrons. The number of aryl methyl sites for hydroxylation is 1. The van der Waals surface area contributed by atoms with Crippen LogP contribution in [0.5, 0.6) is 5.75 Å². The lowest BCUT2D eigenvalue weighted by Crippen LogP contribution is -2.39. The summed E-state index contributed by atoms with van der Waals surface area (Å²) in [5.41, 5.74) is 1.50. The summed E-state index contributed by atoms with van der Waals surface area (Å²) < 4.78 is 5.73. The fourth-order valence-corrected chi connectivity index (χ4v) is 1.92. The first-order valence-electron chi connectivity index (χ1n) is 5.37. The van der Waals surface area contributed by atoms with Crippen LogP contribution in [0.4, 0.5) is 5.69 Å². The van der Waals surface area contributed by atoms with E-state index < -0.39 is 5.60 Å². The van der Waals surface area contributed by atoms with Crippen molar-refractivity contribution >= 4 is 11.6 Å². The number of hydrogen-bond donors (Lipinski definition) is 1. The van der Waals surface area contributed by atoms with Crippen LogP contribution in [0.1, 0.15) is 25.3 Å². The topological polar surface area (TPSA) is 38.3 Å². The Hall–Kier alpha value is -1.51. The molecule has 1 heterocycles. The van der Waals surface area contributed by atoms with E-state index >= 15 is 0 Å². The number of carbonyl (C=O) groups is 1. The van der Waals surface area contributed by atoms with Gasteiger partial charge in [-0.15, -0.1) is 0 Å². The van der Waals surface area contributed by atoms with Gasteiger partial charge in [0.2, 0.25) is 0 Å². The van der Waals surface area contributed by atoms with Crippen LogP contribution in [0.15, 0.2) is 18.2 Å². The van der Waals surface area contributed by atoms with E-state index in [1.54, 1.807) is 0 Å². The highest BCUT2D eigenvalue weighted by Crippen LogP contribution is 2.46. The molecule has 3 rings (SSSR count). The van der Waals surface area contributed by atoms with Gasteiger partial charge >= 0.3 is 0 Å². The molecule has 1 spiro atoms. The molecule has 2 aliphatic rings. The Morgan fingerprint density at radius 3 is 2.93 bits per heavy atom. The molecule has 1 amide bonds. The van der Waals surface area contributed by atoms with Gasteiger partial charge in [0.15, 0.2) is 5.60 Å². The Balaban J connectivity index is 2.01. The average Bonchev–Trinajstić information content (AvgIpc) is 3.00. The van der Waals surface area contributed by atoms with Crippen molar-refractivity contribution in [2.75, 3.05) is 5.32 Å². The zero-order valence-electron chi connectivity index (χ0n) is 8.67. The second kappa shape index (κ2) is 2.75. The molecule has 1 fully saturated rings. The summed E-state index contributed by atoms with van der Waals surface area (Å²) in [6, 6.07) is 5.99. The average molecular weight is 203 g/mol. The van der Waals surface area contributed by atoms with E-state index in [0.717, 1.165) is 30.7 Å². The van der Waals surface area contributed by atoms with E-state index in [4.69, 9.17) is 4.74 Å². The second-order valence-corrected chi connectivity index (χ2v) is 4.23. The van der Waals surface area contributed by atoms with Gasteiger partial charge in [0.25, 0.3) is 5.91 Å². The summed E-state index contributed by atoms with van der Waals surface area (Å²) >= 11 is 0. The molecule has 1 aliphatic heterocycles. The highest BCUT2D eigenvalue weighted by Gasteiger charge is 2.55. The predicted octanol–water partition coefficient (Wildman–Crippen LogP) is 2.11. The van der Waals surface area contributed by atoms with Crippen LogP contribution in [0.2, 0.25) is 0 Å². The number of benzene rings is 1. The lowest BCUT2D eigenvalue weighted by atomic mass is 10.1. The van der Waals surface area contributed by atoms with Crippen molar-refractivity contribution in [2.45, 2.75) is 31.8 Å². The van der Waals surface area contributed by atoms with Crippen molar-refractivity contribution in [2.24, 2.45) is 0 Å². The van der Waals surface area contributed by atoms with Crippen molar-refractivity contribution in [1.29, 1.82) is 0 Å². The summed E-state index contributed by atoms with van der Waals surface area (Å²) in [6.07, 6.45) is 2.65. The Morgan fingerprint density at radius 2 is 2.27 bits per heavy atom. The summed E-state index contributed by atoms with van der Waals surface area (Å²) in [7, 11) is 0. The highest BCUT2D eigenvalue weighted by molar-refractivity contribution is 6.02. The van der Waals surface area contributed by atoms with Gasteiger partial charge in [0.1, 0.15) is 5.75 Å². The first-order valence-corrected chi connectivity index (χ1v) is 5.37. The first kappa shape index (κ1) is 8.77. The van der Waals surface area contributed by atoms with E-state index in [2.05, 4.69) is 12.2 Å². The van der Waals surface area contributed by atoms with Gasteiger partial charge in [-0.2, -0.15) is 0 Å². The fourth-order valence-electron chi connectivity index (χ4n) is 1.92. The second-order valence-electron chi connectivity index (χ2n) is 4.23. The van der Waals surface area contributed by atoms with Crippen molar-refractivity contribution in [3.8, 4) is 5.75 Å². The minimum Gasteiger partial charge on any atom is -0.475 e. The molecule has 0 atom stereocenters. The van der Waals surface area contributed by atoms with Crippen molar-refractivity contribution in [3.63, 3.8) is 0 Å². The molecular formula is C12H13NO2. The van der Waals surface area contributed by atoms with Gasteiger partial charge in [0.05, 0.1) is 5.69 Å². The van der Waals surface area contributed by atoms with E-state index in [0.29, 0.717) is 0 Å². The molecule has 1 saturated carbocycles. The maximum absolute atomic E-state index is 11.7. The summed E-state index contributed by atoms with van der Waals surface area (Å²) in [5, 5.41) is 2.92. The Bertz CT molecular complexity index is 435. The van der Waals surface area contributed by atoms with Gasteiger partial charge in [-0.05, 0) is 24.1 Å². The molecule has 15 heavy (non-hydrogen) atoms. The molecule has 1 N–H and O–H groups in total. The van der Waals surface area contributed by atoms with Crippen LogP contribution in [0.25, 0.3) is 0 Å². The summed E-state index contributed by atoms with van der Waals surface area (Å²) in [4.78, 5) is 11.7. The lowest BCUT2D eigenvalue weighted by Gasteiger charge is -2.26. The normalized spacial score (nSPS) is 20.5. The number of amides is 1. The molecule has 1 aromatic carbocycles. The minimum atomic E-state index is -0.527. The van der Waals surface area contributed by atoms with Gasteiger partial charge in [-0.25, -0.2) is 0 Å². The lowest BCUT2D eigenvalue weighted by molar-refractivity contribution is -0.125. The van der Waals surface area contributed by atoms with Crippen molar-refractivity contribution in [3.05, 3.63) is 23.8 Å². The maximum Gasteiger partial charge on any atom is 0.268 e. The molecule has 0 aromatic heterocycles. The third-order valence-electron chi connectivity index (χ3n) is 3.12. The third kappa shape index (κ3) is 1.23. The Kier molecular flexibility index (Phi) is 1.61. The summed E-state index contributed by atoms with van der Waals surface area (Å²) in [5.74, 6) is 0.826. The molecular weight excluding hydrogens is 190 g/mol. The first-order chi connectivity index (χ1) is 7.23. The van der Waals surface area contributed by atoms with Crippen LogP contribution in [0, 0.1) is 0 Å². The highest BCUT2D eigenvalue weighted by atomic mass is 16.5. The van der Waals surface area contributed by atoms with E-state index in [1.807, 2.05) is 18.2 Å². The molecule has 0 unspecified atom stereocenters. The zero-order chi connectivity index (χ0) is 10.5. The van der Waals surface area contributed by atoms with E-state index in [-0.39, 0.29) is 5.91 Å². The smallest absolute Gasteiger partial charge is 0.268 e. The number of anilines is 1. The van der Waals surface area contributed by atoms with Crippen LogP contribution in [-0.2, 0) is 11.2 Å². The van der Waals surface area contributed by atoms with Crippen molar-refractivity contribution in [1.82, 2.24) is 0 Å². The predicted molar refractivity (Wildman–Crippen MR) is 57.0 cm³/mol. The number of carbonyl (C=O) groups excluding carboxylic acids is 1.